The molecule has 2 heterocycles. The highest BCUT2D eigenvalue weighted by Gasteiger charge is 2.28. The fourth-order valence-corrected chi connectivity index (χ4v) is 5.46. The first-order valence-corrected chi connectivity index (χ1v) is 9.60. The predicted molar refractivity (Wildman–Crippen MR) is 90.8 cm³/mol. The van der Waals surface area contributed by atoms with Gasteiger partial charge in [-0.05, 0) is 25.1 Å². The molecule has 1 aromatic heterocycles. The van der Waals surface area contributed by atoms with Crippen LogP contribution in [0.4, 0.5) is 4.39 Å². The lowest BCUT2D eigenvalue weighted by atomic mass is 10.1. The van der Waals surface area contributed by atoms with Crippen molar-refractivity contribution >= 4 is 34.5 Å². The van der Waals surface area contributed by atoms with Crippen LogP contribution >= 0.6 is 23.5 Å². The van der Waals surface area contributed by atoms with Crippen molar-refractivity contribution < 1.29 is 8.81 Å². The zero-order chi connectivity index (χ0) is 14.7. The van der Waals surface area contributed by atoms with Crippen LogP contribution in [0, 0.1) is 5.82 Å². The maximum atomic E-state index is 13.8. The number of halogens is 1. The number of nitrogens with one attached hydrogen (secondary N) is 1. The van der Waals surface area contributed by atoms with Gasteiger partial charge in [-0.2, -0.15) is 23.5 Å². The van der Waals surface area contributed by atoms with E-state index in [0.29, 0.717) is 10.8 Å². The van der Waals surface area contributed by atoms with Crippen LogP contribution in [0.15, 0.2) is 28.7 Å². The molecule has 2 aromatic rings. The first kappa shape index (κ1) is 15.3. The second-order valence-corrected chi connectivity index (χ2v) is 7.72. The Morgan fingerprint density at radius 2 is 2.33 bits per heavy atom. The summed E-state index contributed by atoms with van der Waals surface area (Å²) >= 11 is 3.99. The van der Waals surface area contributed by atoms with Crippen molar-refractivity contribution in [2.75, 3.05) is 23.8 Å². The molecule has 0 amide bonds. The largest absolute Gasteiger partial charge is 0.456 e. The topological polar surface area (TPSA) is 25.2 Å². The lowest BCUT2D eigenvalue weighted by Crippen LogP contribution is -2.33. The van der Waals surface area contributed by atoms with Crippen LogP contribution in [-0.2, 0) is 0 Å². The third-order valence-electron chi connectivity index (χ3n) is 3.65. The summed E-state index contributed by atoms with van der Waals surface area (Å²) in [6.45, 7) is 3.11. The molecule has 1 saturated heterocycles. The molecule has 2 atom stereocenters. The molecule has 2 nitrogen and oxygen atoms in total. The van der Waals surface area contributed by atoms with Crippen LogP contribution in [-0.4, -0.2) is 29.1 Å². The average Bonchev–Trinajstić information content (AvgIpc) is 2.94. The number of thioether (sulfide) groups is 2. The van der Waals surface area contributed by atoms with Gasteiger partial charge in [0.2, 0.25) is 0 Å². The van der Waals surface area contributed by atoms with Crippen LogP contribution in [0.1, 0.15) is 25.1 Å². The Morgan fingerprint density at radius 1 is 1.43 bits per heavy atom. The molecule has 1 aliphatic heterocycles. The molecule has 21 heavy (non-hydrogen) atoms. The van der Waals surface area contributed by atoms with Gasteiger partial charge in [-0.15, -0.1) is 0 Å². The molecule has 0 bridgehead atoms. The van der Waals surface area contributed by atoms with Crippen LogP contribution in [0.2, 0.25) is 0 Å². The zero-order valence-corrected chi connectivity index (χ0v) is 13.7. The molecule has 0 aliphatic carbocycles. The average molecular weight is 325 g/mol. The molecule has 1 aromatic carbocycles. The van der Waals surface area contributed by atoms with Gasteiger partial charge in [0.15, 0.2) is 11.4 Å². The van der Waals surface area contributed by atoms with E-state index in [2.05, 4.69) is 12.2 Å². The van der Waals surface area contributed by atoms with Crippen LogP contribution in [0.3, 0.4) is 0 Å². The molecule has 0 radical (unpaired) electrons. The normalized spacial score (nSPS) is 20.8. The summed E-state index contributed by atoms with van der Waals surface area (Å²) in [4.78, 5) is 0. The second kappa shape index (κ2) is 7.07. The number of rotatable bonds is 5. The van der Waals surface area contributed by atoms with E-state index >= 15 is 0 Å². The summed E-state index contributed by atoms with van der Waals surface area (Å²) in [5.74, 6) is 4.10. The monoisotopic (exact) mass is 325 g/mol. The summed E-state index contributed by atoms with van der Waals surface area (Å²) in [5, 5.41) is 4.92. The van der Waals surface area contributed by atoms with Gasteiger partial charge in [0, 0.05) is 27.9 Å². The number of furan rings is 1. The molecule has 1 N–H and O–H groups in total. The van der Waals surface area contributed by atoms with E-state index in [4.69, 9.17) is 4.42 Å². The Hall–Kier alpha value is -0.650. The molecule has 5 heteroatoms. The Kier molecular flexibility index (Phi) is 5.14. The van der Waals surface area contributed by atoms with Gasteiger partial charge in [0.1, 0.15) is 5.76 Å². The van der Waals surface area contributed by atoms with E-state index in [0.717, 1.165) is 29.9 Å². The Bertz CT molecular complexity index is 595. The summed E-state index contributed by atoms with van der Waals surface area (Å²) in [5.41, 5.74) is 0.379. The fourth-order valence-electron chi connectivity index (χ4n) is 2.61. The van der Waals surface area contributed by atoms with Gasteiger partial charge in [-0.1, -0.05) is 19.1 Å². The third kappa shape index (κ3) is 3.41. The van der Waals surface area contributed by atoms with Gasteiger partial charge in [-0.3, -0.25) is 0 Å². The van der Waals surface area contributed by atoms with Crippen molar-refractivity contribution in [2.45, 2.75) is 24.6 Å². The number of hydrogen-bond acceptors (Lipinski definition) is 4. The van der Waals surface area contributed by atoms with Gasteiger partial charge < -0.3 is 9.73 Å². The van der Waals surface area contributed by atoms with E-state index in [9.17, 15) is 4.39 Å². The number of hydrogen-bond donors (Lipinski definition) is 1. The second-order valence-electron chi connectivity index (χ2n) is 5.22. The standard InChI is InChI=1S/C16H20FNOS2/c1-2-6-18-15(14-10-20-7-8-21-14)13-9-11-4-3-5-12(17)16(11)19-13/h3-5,9,14-15,18H,2,6-8,10H2,1H3. The summed E-state index contributed by atoms with van der Waals surface area (Å²) in [6, 6.07) is 7.25. The van der Waals surface area contributed by atoms with Gasteiger partial charge in [-0.25, -0.2) is 4.39 Å². The zero-order valence-electron chi connectivity index (χ0n) is 12.1. The fraction of sp³-hybridized carbons (Fsp3) is 0.500. The molecule has 1 fully saturated rings. The van der Waals surface area contributed by atoms with Crippen molar-refractivity contribution in [3.63, 3.8) is 0 Å². The number of benzene rings is 1. The Balaban J connectivity index is 1.90. The van der Waals surface area contributed by atoms with E-state index in [1.54, 1.807) is 6.07 Å². The third-order valence-corrected chi connectivity index (χ3v) is 6.51. The van der Waals surface area contributed by atoms with E-state index in [1.807, 2.05) is 35.7 Å². The van der Waals surface area contributed by atoms with Crippen LogP contribution < -0.4 is 5.32 Å². The molecule has 0 spiro atoms. The molecule has 1 aliphatic rings. The number of para-hydroxylation sites is 1. The lowest BCUT2D eigenvalue weighted by molar-refractivity contribution is 0.422. The molecule has 2 unspecified atom stereocenters. The first-order valence-electron chi connectivity index (χ1n) is 7.40. The van der Waals surface area contributed by atoms with Crippen LogP contribution in [0.5, 0.6) is 0 Å². The molecular formula is C16H20FNOS2. The van der Waals surface area contributed by atoms with Gasteiger partial charge in [0.25, 0.3) is 0 Å². The van der Waals surface area contributed by atoms with Crippen molar-refractivity contribution in [2.24, 2.45) is 0 Å². The highest BCUT2D eigenvalue weighted by molar-refractivity contribution is 8.06. The van der Waals surface area contributed by atoms with Crippen LogP contribution in [0.25, 0.3) is 11.0 Å². The maximum absolute atomic E-state index is 13.8. The molecular weight excluding hydrogens is 305 g/mol. The summed E-state index contributed by atoms with van der Waals surface area (Å²) in [7, 11) is 0. The van der Waals surface area contributed by atoms with E-state index in [1.165, 1.54) is 17.6 Å². The van der Waals surface area contributed by atoms with E-state index in [-0.39, 0.29) is 11.9 Å². The minimum absolute atomic E-state index is 0.162. The summed E-state index contributed by atoms with van der Waals surface area (Å²) in [6.07, 6.45) is 1.08. The highest BCUT2D eigenvalue weighted by atomic mass is 32.2. The van der Waals surface area contributed by atoms with Crippen molar-refractivity contribution in [3.8, 4) is 0 Å². The Labute approximate surface area is 133 Å². The predicted octanol–water partition coefficient (Wildman–Crippen LogP) is 4.46. The van der Waals surface area contributed by atoms with Crippen molar-refractivity contribution in [1.82, 2.24) is 5.32 Å². The maximum Gasteiger partial charge on any atom is 0.169 e. The number of fused-ring (bicyclic) bond motifs is 1. The van der Waals surface area contributed by atoms with Crippen molar-refractivity contribution in [3.05, 3.63) is 35.8 Å². The van der Waals surface area contributed by atoms with Gasteiger partial charge in [0.05, 0.1) is 6.04 Å². The van der Waals surface area contributed by atoms with Gasteiger partial charge >= 0.3 is 0 Å². The summed E-state index contributed by atoms with van der Waals surface area (Å²) < 4.78 is 19.7. The first-order chi connectivity index (χ1) is 10.3. The molecule has 0 saturated carbocycles. The molecule has 3 rings (SSSR count). The Morgan fingerprint density at radius 3 is 3.05 bits per heavy atom. The lowest BCUT2D eigenvalue weighted by Gasteiger charge is -2.29. The SMILES string of the molecule is CCCNC(c1cc2cccc(F)c2o1)C1CSCCS1. The van der Waals surface area contributed by atoms with E-state index < -0.39 is 0 Å². The van der Waals surface area contributed by atoms with Crippen molar-refractivity contribution in [1.29, 1.82) is 0 Å². The smallest absolute Gasteiger partial charge is 0.169 e. The molecule has 114 valence electrons. The highest BCUT2D eigenvalue weighted by Crippen LogP contribution is 2.36. The minimum atomic E-state index is -0.279. The quantitative estimate of drug-likeness (QED) is 0.877. The minimum Gasteiger partial charge on any atom is -0.456 e.